The van der Waals surface area contributed by atoms with Crippen molar-refractivity contribution in [2.24, 2.45) is 0 Å². The third-order valence-corrected chi connectivity index (χ3v) is 5.11. The molecule has 1 amide bonds. The maximum absolute atomic E-state index is 12.4. The summed E-state index contributed by atoms with van der Waals surface area (Å²) in [7, 11) is 1.58. The van der Waals surface area contributed by atoms with Gasteiger partial charge in [0, 0.05) is 10.0 Å². The van der Waals surface area contributed by atoms with Gasteiger partial charge in [-0.2, -0.15) is 0 Å². The van der Waals surface area contributed by atoms with Gasteiger partial charge in [0.25, 0.3) is 0 Å². The Labute approximate surface area is 179 Å². The predicted molar refractivity (Wildman–Crippen MR) is 114 cm³/mol. The van der Waals surface area contributed by atoms with Crippen LogP contribution in [0.25, 0.3) is 0 Å². The number of nitrogens with one attached hydrogen (secondary N) is 1. The van der Waals surface area contributed by atoms with Gasteiger partial charge in [0.05, 0.1) is 26.2 Å². The molecule has 1 unspecified atom stereocenters. The van der Waals surface area contributed by atoms with E-state index in [1.165, 1.54) is 5.56 Å². The number of rotatable bonds is 9. The molecule has 0 saturated carbocycles. The maximum Gasteiger partial charge on any atom is 0.407 e. The highest BCUT2D eigenvalue weighted by atomic mass is 79.9. The molecule has 7 heteroatoms. The Morgan fingerprint density at radius 3 is 2.38 bits per heavy atom. The number of esters is 1. The van der Waals surface area contributed by atoms with Gasteiger partial charge < -0.3 is 19.5 Å². The number of alkyl carbamates (subject to hydrolysis) is 1. The number of aryl methyl sites for hydroxylation is 1. The van der Waals surface area contributed by atoms with Gasteiger partial charge in [0.15, 0.2) is 0 Å². The number of halogens is 1. The second-order valence-electron chi connectivity index (χ2n) is 6.33. The molecule has 0 heterocycles. The molecule has 2 aromatic carbocycles. The third-order valence-electron chi connectivity index (χ3n) is 4.37. The number of methoxy groups -OCH3 is 1. The minimum Gasteiger partial charge on any atom is -0.497 e. The first-order valence-corrected chi connectivity index (χ1v) is 10.3. The van der Waals surface area contributed by atoms with Gasteiger partial charge in [0.2, 0.25) is 0 Å². The van der Waals surface area contributed by atoms with Gasteiger partial charge >= 0.3 is 12.1 Å². The summed E-state index contributed by atoms with van der Waals surface area (Å²) >= 11 is 3.50. The summed E-state index contributed by atoms with van der Waals surface area (Å²) in [6.45, 7) is 4.21. The Bertz CT molecular complexity index is 822. The van der Waals surface area contributed by atoms with E-state index in [1.54, 1.807) is 38.3 Å². The van der Waals surface area contributed by atoms with Gasteiger partial charge in [0.1, 0.15) is 12.4 Å². The molecule has 0 spiro atoms. The highest BCUT2D eigenvalue weighted by molar-refractivity contribution is 9.10. The van der Waals surface area contributed by atoms with Crippen molar-refractivity contribution in [3.63, 3.8) is 0 Å². The molecule has 0 radical (unpaired) electrons. The molecule has 0 saturated heterocycles. The van der Waals surface area contributed by atoms with Crippen molar-refractivity contribution < 1.29 is 23.8 Å². The van der Waals surface area contributed by atoms with Crippen molar-refractivity contribution in [2.45, 2.75) is 39.3 Å². The Morgan fingerprint density at radius 2 is 1.79 bits per heavy atom. The van der Waals surface area contributed by atoms with Crippen molar-refractivity contribution in [1.82, 2.24) is 5.32 Å². The van der Waals surface area contributed by atoms with Crippen molar-refractivity contribution in [3.8, 4) is 5.75 Å². The van der Waals surface area contributed by atoms with Crippen molar-refractivity contribution in [2.75, 3.05) is 13.7 Å². The lowest BCUT2D eigenvalue weighted by Crippen LogP contribution is -2.31. The second-order valence-corrected chi connectivity index (χ2v) is 7.19. The molecular weight excluding hydrogens is 438 g/mol. The number of ether oxygens (including phenoxy) is 3. The van der Waals surface area contributed by atoms with Crippen LogP contribution in [0, 0.1) is 0 Å². The van der Waals surface area contributed by atoms with Crippen LogP contribution in [0.15, 0.2) is 46.9 Å². The van der Waals surface area contributed by atoms with E-state index >= 15 is 0 Å². The average Bonchev–Trinajstić information content (AvgIpc) is 2.72. The van der Waals surface area contributed by atoms with Gasteiger partial charge in [-0.05, 0) is 42.7 Å². The lowest BCUT2D eigenvalue weighted by Gasteiger charge is -2.19. The van der Waals surface area contributed by atoms with E-state index in [1.807, 2.05) is 18.2 Å². The van der Waals surface area contributed by atoms with E-state index in [0.29, 0.717) is 5.75 Å². The van der Waals surface area contributed by atoms with Crippen molar-refractivity contribution in [3.05, 3.63) is 63.6 Å². The zero-order valence-corrected chi connectivity index (χ0v) is 18.5. The fraction of sp³-hybridized carbons (Fsp3) is 0.364. The zero-order chi connectivity index (χ0) is 21.2. The van der Waals surface area contributed by atoms with Crippen LogP contribution >= 0.6 is 15.9 Å². The Kier molecular flexibility index (Phi) is 8.99. The molecule has 0 aliphatic carbocycles. The minimum atomic E-state index is -0.610. The molecule has 0 aliphatic rings. The number of amides is 1. The molecule has 0 aromatic heterocycles. The smallest absolute Gasteiger partial charge is 0.407 e. The number of carbonyl (C=O) groups excluding carboxylic acids is 2. The van der Waals surface area contributed by atoms with Crippen LogP contribution in [-0.4, -0.2) is 25.8 Å². The van der Waals surface area contributed by atoms with Gasteiger partial charge in [-0.15, -0.1) is 0 Å². The number of hydrogen-bond acceptors (Lipinski definition) is 5. The quantitative estimate of drug-likeness (QED) is 0.533. The van der Waals surface area contributed by atoms with Gasteiger partial charge in [-0.1, -0.05) is 47.1 Å². The first kappa shape index (κ1) is 22.7. The fourth-order valence-corrected chi connectivity index (χ4v) is 3.27. The summed E-state index contributed by atoms with van der Waals surface area (Å²) in [6.07, 6.45) is 0.323. The summed E-state index contributed by atoms with van der Waals surface area (Å²) in [5, 5.41) is 2.75. The minimum absolute atomic E-state index is 0.00413. The predicted octanol–water partition coefficient (Wildman–Crippen LogP) is 4.94. The van der Waals surface area contributed by atoms with E-state index in [9.17, 15) is 9.59 Å². The van der Waals surface area contributed by atoms with Gasteiger partial charge in [-0.25, -0.2) is 4.79 Å². The topological polar surface area (TPSA) is 73.9 Å². The van der Waals surface area contributed by atoms with E-state index in [0.717, 1.165) is 22.0 Å². The second kappa shape index (κ2) is 11.5. The SMILES string of the molecule is CCOC(=O)CC(NC(=O)OCc1ccc(CC)cc1Br)c1ccc(OC)cc1. The average molecular weight is 464 g/mol. The zero-order valence-electron chi connectivity index (χ0n) is 16.9. The molecule has 1 atom stereocenters. The molecule has 1 N–H and O–H groups in total. The van der Waals surface area contributed by atoms with Crippen LogP contribution in [0.3, 0.4) is 0 Å². The summed E-state index contributed by atoms with van der Waals surface area (Å²) in [4.78, 5) is 24.3. The normalized spacial score (nSPS) is 11.4. The summed E-state index contributed by atoms with van der Waals surface area (Å²) in [6, 6.07) is 12.5. The van der Waals surface area contributed by atoms with E-state index in [4.69, 9.17) is 14.2 Å². The molecule has 6 nitrogen and oxygen atoms in total. The molecule has 29 heavy (non-hydrogen) atoms. The Morgan fingerprint density at radius 1 is 1.07 bits per heavy atom. The van der Waals surface area contributed by atoms with E-state index < -0.39 is 18.1 Å². The largest absolute Gasteiger partial charge is 0.497 e. The highest BCUT2D eigenvalue weighted by Crippen LogP contribution is 2.22. The van der Waals surface area contributed by atoms with Crippen LogP contribution < -0.4 is 10.1 Å². The molecule has 156 valence electrons. The van der Waals surface area contributed by atoms with Crippen molar-refractivity contribution >= 4 is 28.0 Å². The van der Waals surface area contributed by atoms with Crippen LogP contribution in [0.2, 0.25) is 0 Å². The number of carbonyl (C=O) groups is 2. The molecule has 2 aromatic rings. The first-order valence-electron chi connectivity index (χ1n) is 9.47. The lowest BCUT2D eigenvalue weighted by atomic mass is 10.0. The maximum atomic E-state index is 12.4. The Balaban J connectivity index is 2.04. The van der Waals surface area contributed by atoms with Gasteiger partial charge in [-0.3, -0.25) is 4.79 Å². The lowest BCUT2D eigenvalue weighted by molar-refractivity contribution is -0.143. The van der Waals surface area contributed by atoms with Crippen LogP contribution in [-0.2, 0) is 27.3 Å². The monoisotopic (exact) mass is 463 g/mol. The number of benzene rings is 2. The number of hydrogen-bond donors (Lipinski definition) is 1. The van der Waals surface area contributed by atoms with E-state index in [-0.39, 0.29) is 19.6 Å². The molecule has 2 rings (SSSR count). The molecule has 0 bridgehead atoms. The third kappa shape index (κ3) is 7.09. The first-order chi connectivity index (χ1) is 14.0. The summed E-state index contributed by atoms with van der Waals surface area (Å²) in [5.74, 6) is 0.290. The molecular formula is C22H26BrNO5. The highest BCUT2D eigenvalue weighted by Gasteiger charge is 2.20. The van der Waals surface area contributed by atoms with Crippen LogP contribution in [0.1, 0.15) is 43.0 Å². The molecule has 0 aliphatic heterocycles. The summed E-state index contributed by atoms with van der Waals surface area (Å²) < 4.78 is 16.4. The summed E-state index contributed by atoms with van der Waals surface area (Å²) in [5.41, 5.74) is 2.81. The fourth-order valence-electron chi connectivity index (χ4n) is 2.73. The van der Waals surface area contributed by atoms with Crippen molar-refractivity contribution in [1.29, 1.82) is 0 Å². The molecule has 0 fully saturated rings. The van der Waals surface area contributed by atoms with Crippen LogP contribution in [0.5, 0.6) is 5.75 Å². The van der Waals surface area contributed by atoms with E-state index in [2.05, 4.69) is 28.2 Å². The standard InChI is InChI=1S/C22H26BrNO5/c1-4-15-6-7-17(19(23)12-15)14-29-22(26)24-20(13-21(25)28-5-2)16-8-10-18(27-3)11-9-16/h6-12,20H,4-5,13-14H2,1-3H3,(H,24,26). The van der Waals surface area contributed by atoms with Crippen LogP contribution in [0.4, 0.5) is 4.79 Å². The Hall–Kier alpha value is -2.54.